The van der Waals surface area contributed by atoms with Gasteiger partial charge >= 0.3 is 0 Å². The molecule has 1 saturated heterocycles. The van der Waals surface area contributed by atoms with Crippen LogP contribution in [0, 0.1) is 11.8 Å². The van der Waals surface area contributed by atoms with Crippen molar-refractivity contribution in [2.45, 2.75) is 33.3 Å². The SMILES string of the molecule is CC1CNCC(C(=O)N(C)CCOC(C)C)C1. The Hall–Kier alpha value is -0.610. The average molecular weight is 242 g/mol. The van der Waals surface area contributed by atoms with E-state index in [2.05, 4.69) is 12.2 Å². The van der Waals surface area contributed by atoms with Gasteiger partial charge in [-0.2, -0.15) is 0 Å². The molecule has 4 heteroatoms. The first-order valence-corrected chi connectivity index (χ1v) is 6.58. The molecule has 1 amide bonds. The Morgan fingerprint density at radius 1 is 1.47 bits per heavy atom. The average Bonchev–Trinajstić information content (AvgIpc) is 2.27. The van der Waals surface area contributed by atoms with E-state index in [4.69, 9.17) is 4.74 Å². The minimum Gasteiger partial charge on any atom is -0.377 e. The number of nitrogens with zero attached hydrogens (tertiary/aromatic N) is 1. The topological polar surface area (TPSA) is 41.6 Å². The zero-order valence-corrected chi connectivity index (χ0v) is 11.5. The largest absolute Gasteiger partial charge is 0.377 e. The summed E-state index contributed by atoms with van der Waals surface area (Å²) in [6.07, 6.45) is 1.23. The summed E-state index contributed by atoms with van der Waals surface area (Å²) in [4.78, 5) is 13.9. The van der Waals surface area contributed by atoms with E-state index in [0.29, 0.717) is 19.1 Å². The van der Waals surface area contributed by atoms with Gasteiger partial charge in [0.25, 0.3) is 0 Å². The van der Waals surface area contributed by atoms with Crippen molar-refractivity contribution >= 4 is 5.91 Å². The van der Waals surface area contributed by atoms with Gasteiger partial charge in [-0.25, -0.2) is 0 Å². The first-order chi connectivity index (χ1) is 8.00. The van der Waals surface area contributed by atoms with Crippen molar-refractivity contribution in [3.63, 3.8) is 0 Å². The molecule has 1 aliphatic heterocycles. The molecule has 2 unspecified atom stereocenters. The van der Waals surface area contributed by atoms with Gasteiger partial charge < -0.3 is 15.0 Å². The van der Waals surface area contributed by atoms with Crippen LogP contribution in [0.25, 0.3) is 0 Å². The Labute approximate surface area is 105 Å². The number of carbonyl (C=O) groups excluding carboxylic acids is 1. The van der Waals surface area contributed by atoms with Crippen LogP contribution in [-0.4, -0.2) is 50.2 Å². The maximum atomic E-state index is 12.1. The predicted octanol–water partition coefficient (Wildman–Crippen LogP) is 1.12. The van der Waals surface area contributed by atoms with Gasteiger partial charge in [-0.15, -0.1) is 0 Å². The molecule has 0 aliphatic carbocycles. The molecule has 1 heterocycles. The fraction of sp³-hybridized carbons (Fsp3) is 0.923. The monoisotopic (exact) mass is 242 g/mol. The predicted molar refractivity (Wildman–Crippen MR) is 68.9 cm³/mol. The summed E-state index contributed by atoms with van der Waals surface area (Å²) in [7, 11) is 1.87. The van der Waals surface area contributed by atoms with E-state index < -0.39 is 0 Å². The molecule has 17 heavy (non-hydrogen) atoms. The lowest BCUT2D eigenvalue weighted by Crippen LogP contribution is -2.44. The van der Waals surface area contributed by atoms with Gasteiger partial charge in [0, 0.05) is 20.1 Å². The third-order valence-corrected chi connectivity index (χ3v) is 3.17. The number of ether oxygens (including phenoxy) is 1. The minimum atomic E-state index is 0.141. The molecule has 1 aliphatic rings. The summed E-state index contributed by atoms with van der Waals surface area (Å²) in [5, 5.41) is 3.32. The maximum absolute atomic E-state index is 12.1. The highest BCUT2D eigenvalue weighted by Crippen LogP contribution is 2.17. The highest BCUT2D eigenvalue weighted by molar-refractivity contribution is 5.78. The second kappa shape index (κ2) is 6.97. The fourth-order valence-electron chi connectivity index (χ4n) is 2.19. The smallest absolute Gasteiger partial charge is 0.226 e. The number of hydrogen-bond donors (Lipinski definition) is 1. The van der Waals surface area contributed by atoms with Gasteiger partial charge in [0.15, 0.2) is 0 Å². The third-order valence-electron chi connectivity index (χ3n) is 3.17. The highest BCUT2D eigenvalue weighted by atomic mass is 16.5. The summed E-state index contributed by atoms with van der Waals surface area (Å²) < 4.78 is 5.46. The summed E-state index contributed by atoms with van der Waals surface area (Å²) in [6.45, 7) is 9.36. The Morgan fingerprint density at radius 2 is 2.18 bits per heavy atom. The van der Waals surface area contributed by atoms with Gasteiger partial charge in [0.1, 0.15) is 0 Å². The second-order valence-corrected chi connectivity index (χ2v) is 5.38. The summed E-state index contributed by atoms with van der Waals surface area (Å²) >= 11 is 0. The van der Waals surface area contributed by atoms with Crippen molar-refractivity contribution in [1.29, 1.82) is 0 Å². The first-order valence-electron chi connectivity index (χ1n) is 6.58. The van der Waals surface area contributed by atoms with Crippen LogP contribution in [0.3, 0.4) is 0 Å². The van der Waals surface area contributed by atoms with Crippen molar-refractivity contribution in [2.75, 3.05) is 33.3 Å². The second-order valence-electron chi connectivity index (χ2n) is 5.38. The molecule has 0 radical (unpaired) electrons. The van der Waals surface area contributed by atoms with Crippen LogP contribution in [0.2, 0.25) is 0 Å². The van der Waals surface area contributed by atoms with Crippen LogP contribution in [0.15, 0.2) is 0 Å². The number of amides is 1. The van der Waals surface area contributed by atoms with Crippen LogP contribution in [-0.2, 0) is 9.53 Å². The standard InChI is InChI=1S/C13H26N2O2/c1-10(2)17-6-5-15(4)13(16)12-7-11(3)8-14-9-12/h10-12,14H,5-9H2,1-4H3. The van der Waals surface area contributed by atoms with E-state index in [1.54, 1.807) is 4.90 Å². The summed E-state index contributed by atoms with van der Waals surface area (Å²) in [5.74, 6) is 0.984. The molecule has 0 spiro atoms. The van der Waals surface area contributed by atoms with E-state index >= 15 is 0 Å². The molecule has 4 nitrogen and oxygen atoms in total. The molecule has 1 fully saturated rings. The molecule has 0 aromatic carbocycles. The van der Waals surface area contributed by atoms with E-state index in [1.165, 1.54) is 0 Å². The van der Waals surface area contributed by atoms with Crippen LogP contribution in [0.5, 0.6) is 0 Å². The third kappa shape index (κ3) is 5.04. The summed E-state index contributed by atoms with van der Waals surface area (Å²) in [6, 6.07) is 0. The van der Waals surface area contributed by atoms with Crippen LogP contribution in [0.4, 0.5) is 0 Å². The van der Waals surface area contributed by atoms with Gasteiger partial charge in [-0.05, 0) is 32.7 Å². The Morgan fingerprint density at radius 3 is 2.76 bits per heavy atom. The van der Waals surface area contributed by atoms with Gasteiger partial charge in [0.2, 0.25) is 5.91 Å². The van der Waals surface area contributed by atoms with Crippen LogP contribution in [0.1, 0.15) is 27.2 Å². The van der Waals surface area contributed by atoms with E-state index in [9.17, 15) is 4.79 Å². The van der Waals surface area contributed by atoms with Crippen molar-refractivity contribution in [3.8, 4) is 0 Å². The summed E-state index contributed by atoms with van der Waals surface area (Å²) in [5.41, 5.74) is 0. The molecule has 0 aromatic rings. The van der Waals surface area contributed by atoms with E-state index in [-0.39, 0.29) is 17.9 Å². The lowest BCUT2D eigenvalue weighted by atomic mass is 9.91. The fourth-order valence-corrected chi connectivity index (χ4v) is 2.19. The lowest BCUT2D eigenvalue weighted by molar-refractivity contribution is -0.136. The van der Waals surface area contributed by atoms with Crippen molar-refractivity contribution < 1.29 is 9.53 Å². The molecule has 100 valence electrons. The minimum absolute atomic E-state index is 0.141. The maximum Gasteiger partial charge on any atom is 0.226 e. The van der Waals surface area contributed by atoms with Crippen molar-refractivity contribution in [2.24, 2.45) is 11.8 Å². The Bertz CT molecular complexity index is 244. The molecule has 0 saturated carbocycles. The van der Waals surface area contributed by atoms with Crippen LogP contribution >= 0.6 is 0 Å². The molecule has 0 bridgehead atoms. The number of carbonyl (C=O) groups is 1. The molecule has 0 aromatic heterocycles. The van der Waals surface area contributed by atoms with Crippen molar-refractivity contribution in [3.05, 3.63) is 0 Å². The highest BCUT2D eigenvalue weighted by Gasteiger charge is 2.26. The zero-order chi connectivity index (χ0) is 12.8. The molecular formula is C13H26N2O2. The molecule has 1 rings (SSSR count). The van der Waals surface area contributed by atoms with Crippen molar-refractivity contribution in [1.82, 2.24) is 10.2 Å². The van der Waals surface area contributed by atoms with Gasteiger partial charge in [0.05, 0.1) is 18.6 Å². The van der Waals surface area contributed by atoms with E-state index in [1.807, 2.05) is 20.9 Å². The lowest BCUT2D eigenvalue weighted by Gasteiger charge is -2.30. The van der Waals surface area contributed by atoms with Gasteiger partial charge in [-0.3, -0.25) is 4.79 Å². The Kier molecular flexibility index (Phi) is 5.92. The number of rotatable bonds is 5. The molecular weight excluding hydrogens is 216 g/mol. The quantitative estimate of drug-likeness (QED) is 0.785. The number of hydrogen-bond acceptors (Lipinski definition) is 3. The van der Waals surface area contributed by atoms with Crippen LogP contribution < -0.4 is 5.32 Å². The zero-order valence-electron chi connectivity index (χ0n) is 11.5. The number of piperidine rings is 1. The first kappa shape index (κ1) is 14.5. The Balaban J connectivity index is 2.30. The van der Waals surface area contributed by atoms with Gasteiger partial charge in [-0.1, -0.05) is 6.92 Å². The number of likely N-dealkylation sites (N-methyl/N-ethyl adjacent to an activating group) is 1. The normalized spacial score (nSPS) is 25.0. The van der Waals surface area contributed by atoms with E-state index in [0.717, 1.165) is 19.5 Å². The number of nitrogens with one attached hydrogen (secondary N) is 1. The molecule has 2 atom stereocenters. The molecule has 1 N–H and O–H groups in total.